The molecule has 133 heavy (non-hydrogen) atoms. The maximum absolute atomic E-state index is 12.0. The molecular weight excluding hydrogens is 1880 g/mol. The minimum atomic E-state index is -3.73. The average molecular weight is 2010 g/mol. The first-order valence-electron chi connectivity index (χ1n) is 44.6. The van der Waals surface area contributed by atoms with Gasteiger partial charge in [-0.15, -0.1) is 0 Å². The van der Waals surface area contributed by atoms with E-state index < -0.39 is 38.5 Å². The fourth-order valence-corrected chi connectivity index (χ4v) is 18.3. The topological polar surface area (TPSA) is 271 Å². The summed E-state index contributed by atoms with van der Waals surface area (Å²) in [5.41, 5.74) is 11.2. The summed E-state index contributed by atoms with van der Waals surface area (Å²) in [6.45, 7) is 23.9. The highest BCUT2D eigenvalue weighted by atomic mass is 35.5. The van der Waals surface area contributed by atoms with Crippen LogP contribution < -0.4 is 29.5 Å². The summed E-state index contributed by atoms with van der Waals surface area (Å²) in [5, 5.41) is 51.5. The molecule has 5 heterocycles. The van der Waals surface area contributed by atoms with Crippen molar-refractivity contribution in [2.24, 2.45) is 0 Å². The van der Waals surface area contributed by atoms with Crippen molar-refractivity contribution in [3.05, 3.63) is 306 Å². The molecule has 5 aliphatic heterocycles. The van der Waals surface area contributed by atoms with Crippen LogP contribution in [0.5, 0.6) is 17.2 Å². The summed E-state index contributed by atoms with van der Waals surface area (Å²) in [6.07, 6.45) is 3.50. The van der Waals surface area contributed by atoms with E-state index in [2.05, 4.69) is 131 Å². The molecule has 0 saturated carbocycles. The van der Waals surface area contributed by atoms with Gasteiger partial charge in [-0.3, -0.25) is 18.2 Å². The van der Waals surface area contributed by atoms with Crippen molar-refractivity contribution in [3.8, 4) is 17.2 Å². The van der Waals surface area contributed by atoms with E-state index in [1.54, 1.807) is 68.4 Å². The second kappa shape index (κ2) is 55.8. The number of hydrogen-bond acceptors (Lipinski definition) is 23. The van der Waals surface area contributed by atoms with E-state index in [4.69, 9.17) is 118 Å². The van der Waals surface area contributed by atoms with E-state index in [1.165, 1.54) is 53.8 Å². The molecule has 0 bridgehead atoms. The molecule has 0 aromatic heterocycles. The lowest BCUT2D eigenvalue weighted by atomic mass is 10.0. The molecule has 0 aliphatic carbocycles. The Morgan fingerprint density at radius 1 is 0.429 bits per heavy atom. The quantitative estimate of drug-likeness (QED) is 0.0238. The second-order valence-corrected chi connectivity index (χ2v) is 39.0. The van der Waals surface area contributed by atoms with Crippen LogP contribution in [0.15, 0.2) is 246 Å². The van der Waals surface area contributed by atoms with Gasteiger partial charge in [-0.25, -0.2) is 0 Å². The number of ether oxygens (including phenoxy) is 6. The number of hydrogen-bond donors (Lipinski definition) is 6. The lowest BCUT2D eigenvalue weighted by Crippen LogP contribution is -2.48. The molecule has 23 nitrogen and oxygen atoms in total. The Morgan fingerprint density at radius 2 is 0.805 bits per heavy atom. The highest BCUT2D eigenvalue weighted by Gasteiger charge is 2.34. The first-order valence-corrected chi connectivity index (χ1v) is 49.7. The van der Waals surface area contributed by atoms with Crippen LogP contribution in [0.4, 0.5) is 17.1 Å². The van der Waals surface area contributed by atoms with Crippen LogP contribution in [-0.2, 0) is 60.6 Å². The molecule has 5 fully saturated rings. The number of anilines is 3. The molecule has 0 spiro atoms. The van der Waals surface area contributed by atoms with Gasteiger partial charge in [0.2, 0.25) is 0 Å². The van der Waals surface area contributed by atoms with Gasteiger partial charge in [0.05, 0.1) is 110 Å². The summed E-state index contributed by atoms with van der Waals surface area (Å²) in [4.78, 5) is 12.3. The molecular formula is C101H126Cl6N6O17S3. The van der Waals surface area contributed by atoms with Crippen LogP contribution in [0, 0.1) is 13.8 Å². The number of aliphatic hydroxyl groups excluding tert-OH is 4. The van der Waals surface area contributed by atoms with Crippen LogP contribution in [0.1, 0.15) is 130 Å². The van der Waals surface area contributed by atoms with Gasteiger partial charge in [0.15, 0.2) is 12.6 Å². The summed E-state index contributed by atoms with van der Waals surface area (Å²) >= 11 is 38.2. The highest BCUT2D eigenvalue weighted by molar-refractivity contribution is 7.87. The molecule has 0 radical (unpaired) electrons. The number of aromatic hydroxyl groups is 1. The number of aryl methyl sites for hydroxylation is 2. The van der Waals surface area contributed by atoms with Gasteiger partial charge < -0.3 is 74.0 Å². The zero-order chi connectivity index (χ0) is 94.7. The lowest BCUT2D eigenvalue weighted by molar-refractivity contribution is -0.189. The number of aliphatic hydroxyl groups is 4. The number of piperazine rings is 3. The predicted octanol–water partition coefficient (Wildman–Crippen LogP) is 20.2. The summed E-state index contributed by atoms with van der Waals surface area (Å²) in [6, 6.07) is 75.6. The maximum atomic E-state index is 12.0. The van der Waals surface area contributed by atoms with Crippen LogP contribution in [0.3, 0.4) is 0 Å². The number of rotatable bonds is 29. The maximum Gasteiger partial charge on any atom is 0.297 e. The molecule has 10 atom stereocenters. The lowest BCUT2D eigenvalue weighted by Gasteiger charge is -2.43. The van der Waals surface area contributed by atoms with E-state index >= 15 is 0 Å². The van der Waals surface area contributed by atoms with Crippen molar-refractivity contribution in [2.75, 3.05) is 120 Å². The smallest absolute Gasteiger partial charge is 0.297 e. The minimum absolute atomic E-state index is 0. The number of nitrogens with zero attached hydrogens (tertiary/aromatic N) is 5. The first-order chi connectivity index (χ1) is 63.3. The van der Waals surface area contributed by atoms with Gasteiger partial charge in [0, 0.05) is 118 Å². The number of phenols is 1. The summed E-state index contributed by atoms with van der Waals surface area (Å²) < 4.78 is 91.1. The highest BCUT2D eigenvalue weighted by Crippen LogP contribution is 2.42. The standard InChI is InChI=1S/C31H36Cl2N2O3.C23H22Cl2N2O.C19H22Cl2N2O2.C15H22O5S.C10H14O4S.C3H8O2.H2S/c1-23(38-31-9-5-6-18-36-31)22-37-27-14-15-29(28(33)19-27)35-17-16-34(20-24-7-3-2-4-8-24)21-30(35)25-10-12-26(32)13-11-25;24-19-8-6-18(7-9-19)23-16-26(15-17-4-2-1-3-5-17)12-13-27(23)22-11-10-20(28)14-21(22)25;1-13(24)12-25-16-6-7-18(17(21)10-16)23-9-8-22-11-19(23)14-2-4-15(20)5-3-14;1-12-6-8-14(9-7-12)21(16,17)19-11-13(2)20-15-5-3-4-10-18-15;1-8-3-5-10(6-4-8)15(12,13)14-7-9(2)11;1-3(5)2-4;/h2-4,7-8,10-15,19,23,30-31H,5-6,9,16-18,20-22H2,1H3;1-11,14,23,28H,12-13,15-16H2;2-7,10,13,19,22,24H,8-9,11-12H2,1H3;6-9,13,15H,3-5,10-11H2,1-2H3;3-6,9,11H,7H2,1-2H3;3-5H,2H2,1H3;1H2/t23-,30-,31?;23-;13-,19-;13-,15?;9-;3-;/m000000./s1. The number of nitrogens with one attached hydrogen (secondary N) is 1. The van der Waals surface area contributed by atoms with E-state index in [0.29, 0.717) is 34.0 Å². The number of phenolic OH excluding ortho intramolecular Hbond substituents is 1. The third-order valence-corrected chi connectivity index (χ3v) is 26.2. The molecule has 722 valence electrons. The molecule has 5 aliphatic rings. The zero-order valence-electron chi connectivity index (χ0n) is 76.2. The van der Waals surface area contributed by atoms with Gasteiger partial charge in [0.25, 0.3) is 20.2 Å². The zero-order valence-corrected chi connectivity index (χ0v) is 83.4. The Bertz CT molecular complexity index is 5310. The summed E-state index contributed by atoms with van der Waals surface area (Å²) in [5.74, 6) is 1.58. The largest absolute Gasteiger partial charge is 0.508 e. The van der Waals surface area contributed by atoms with Crippen LogP contribution in [0.2, 0.25) is 30.1 Å². The SMILES string of the molecule is C[C@@H](COc1ccc(N2CCN(Cc3ccccc3)C[C@H]2c2ccc(Cl)cc2)c(Cl)c1)OC1CCCCO1.C[C@H](O)CO.C[C@H](O)COc1ccc(N2CCNC[C@H]2c2ccc(Cl)cc2)c(Cl)c1.Cc1ccc(S(=O)(=O)OC[C@H](C)O)cc1.Cc1ccc(S(=O)(=O)OC[C@H](C)OC2CCCCO2)cc1.Oc1ccc(N2CCN(Cc3ccccc3)C[C@H]2c2ccc(Cl)cc2)c(Cl)c1.S. The van der Waals surface area contributed by atoms with E-state index in [0.717, 1.165) is 166 Å². The Hall–Kier alpha value is -7.53. The Labute approximate surface area is 822 Å². The van der Waals surface area contributed by atoms with Gasteiger partial charge in [0.1, 0.15) is 30.5 Å². The number of benzene rings is 10. The van der Waals surface area contributed by atoms with Gasteiger partial charge in [-0.2, -0.15) is 30.3 Å². The van der Waals surface area contributed by atoms with Gasteiger partial charge in [-0.1, -0.05) is 202 Å². The molecule has 32 heteroatoms. The monoisotopic (exact) mass is 2000 g/mol. The predicted molar refractivity (Wildman–Crippen MR) is 537 cm³/mol. The first kappa shape index (κ1) is 109. The van der Waals surface area contributed by atoms with E-state index in [9.17, 15) is 27.0 Å². The normalized spacial score (nSPS) is 18.8. The molecule has 2 unspecified atom stereocenters. The van der Waals surface area contributed by atoms with Crippen LogP contribution in [0.25, 0.3) is 0 Å². The van der Waals surface area contributed by atoms with Crippen LogP contribution >= 0.6 is 83.1 Å². The van der Waals surface area contributed by atoms with Crippen LogP contribution in [-0.4, -0.2) is 200 Å². The van der Waals surface area contributed by atoms with E-state index in [1.807, 2.05) is 93.6 Å². The van der Waals surface area contributed by atoms with Gasteiger partial charge >= 0.3 is 0 Å². The van der Waals surface area contributed by atoms with Crippen molar-refractivity contribution >= 4 is 120 Å². The van der Waals surface area contributed by atoms with Crippen molar-refractivity contribution < 1.29 is 79.2 Å². The average Bonchev–Trinajstić information content (AvgIpc) is 0.793. The Balaban J connectivity index is 0.000000189. The van der Waals surface area contributed by atoms with Gasteiger partial charge in [-0.05, 0) is 212 Å². The third kappa shape index (κ3) is 36.4. The van der Waals surface area contributed by atoms with E-state index in [-0.39, 0.29) is 98.4 Å². The molecule has 0 amide bonds. The molecule has 10 aromatic rings. The second-order valence-electron chi connectivity index (χ2n) is 33.2. The molecule has 5 saturated heterocycles. The third-order valence-electron chi connectivity index (χ3n) is 22.0. The van der Waals surface area contributed by atoms with Crippen molar-refractivity contribution in [1.82, 2.24) is 15.1 Å². The van der Waals surface area contributed by atoms with Crippen molar-refractivity contribution in [3.63, 3.8) is 0 Å². The number of halogens is 6. The minimum Gasteiger partial charge on any atom is -0.508 e. The summed E-state index contributed by atoms with van der Waals surface area (Å²) in [7, 11) is -7.47. The van der Waals surface area contributed by atoms with Crippen molar-refractivity contribution in [1.29, 1.82) is 0 Å². The Kier molecular flexibility index (Phi) is 45.7. The Morgan fingerprint density at radius 3 is 1.19 bits per heavy atom. The molecule has 15 rings (SSSR count). The van der Waals surface area contributed by atoms with Crippen molar-refractivity contribution in [2.45, 2.75) is 171 Å². The molecule has 6 N–H and O–H groups in total. The fraction of sp³-hybridized carbons (Fsp3) is 0.406. The molecule has 10 aromatic carbocycles. The fourth-order valence-electron chi connectivity index (χ4n) is 15.1.